The van der Waals surface area contributed by atoms with Crippen molar-refractivity contribution in [2.75, 3.05) is 19.5 Å². The van der Waals surface area contributed by atoms with Gasteiger partial charge in [-0.2, -0.15) is 0 Å². The number of methoxy groups -OCH3 is 2. The van der Waals surface area contributed by atoms with Gasteiger partial charge in [0.25, 0.3) is 5.91 Å². The lowest BCUT2D eigenvalue weighted by molar-refractivity contribution is 0.102. The largest absolute Gasteiger partial charge is 0.497 e. The summed E-state index contributed by atoms with van der Waals surface area (Å²) in [6.45, 7) is 0. The van der Waals surface area contributed by atoms with Crippen LogP contribution in [0.25, 0.3) is 0 Å². The van der Waals surface area contributed by atoms with Gasteiger partial charge in [-0.1, -0.05) is 0 Å². The molecule has 0 atom stereocenters. The molecule has 1 N–H and O–H groups in total. The predicted molar refractivity (Wildman–Crippen MR) is 112 cm³/mol. The van der Waals surface area contributed by atoms with Crippen molar-refractivity contribution < 1.29 is 14.3 Å². The van der Waals surface area contributed by atoms with Crippen LogP contribution in [-0.2, 0) is 0 Å². The Labute approximate surface area is 169 Å². The first-order chi connectivity index (χ1) is 10.5. The average Bonchev–Trinajstić information content (AvgIpc) is 2.50. The molecule has 0 fully saturated rings. The second-order valence-corrected chi connectivity index (χ2v) is 7.76. The topological polar surface area (TPSA) is 47.6 Å². The highest BCUT2D eigenvalue weighted by Gasteiger charge is 2.16. The molecule has 0 aliphatic rings. The first-order valence-electron chi connectivity index (χ1n) is 6.14. The van der Waals surface area contributed by atoms with Crippen LogP contribution in [0.15, 0.2) is 30.3 Å². The van der Waals surface area contributed by atoms with Gasteiger partial charge >= 0.3 is 0 Å². The first-order valence-corrected chi connectivity index (χ1v) is 9.37. The molecule has 22 heavy (non-hydrogen) atoms. The van der Waals surface area contributed by atoms with Gasteiger partial charge in [-0.3, -0.25) is 4.79 Å². The number of anilines is 1. The normalized spacial score (nSPS) is 10.2. The van der Waals surface area contributed by atoms with Gasteiger partial charge < -0.3 is 14.8 Å². The average molecular weight is 635 g/mol. The van der Waals surface area contributed by atoms with E-state index in [2.05, 4.69) is 73.1 Å². The molecule has 0 aliphatic heterocycles. The minimum absolute atomic E-state index is 0.174. The zero-order valence-electron chi connectivity index (χ0n) is 11.7. The molecule has 0 bridgehead atoms. The molecule has 7 heteroatoms. The quantitative estimate of drug-likeness (QED) is 0.390. The highest BCUT2D eigenvalue weighted by atomic mass is 127. The van der Waals surface area contributed by atoms with Crippen molar-refractivity contribution in [3.8, 4) is 11.5 Å². The number of hydrogen-bond donors (Lipinski definition) is 1. The maximum Gasteiger partial charge on any atom is 0.256 e. The van der Waals surface area contributed by atoms with Crippen molar-refractivity contribution in [1.29, 1.82) is 0 Å². The molecule has 0 saturated heterocycles. The molecule has 0 unspecified atom stereocenters. The summed E-state index contributed by atoms with van der Waals surface area (Å²) in [5.74, 6) is 1.07. The van der Waals surface area contributed by atoms with Crippen molar-refractivity contribution in [3.63, 3.8) is 0 Å². The molecule has 116 valence electrons. The number of carbonyl (C=O) groups is 1. The number of ether oxygens (including phenoxy) is 2. The molecule has 0 spiro atoms. The van der Waals surface area contributed by atoms with Crippen LogP contribution in [0.2, 0.25) is 0 Å². The Morgan fingerprint density at radius 1 is 1.05 bits per heavy atom. The minimum atomic E-state index is -0.174. The Kier molecular flexibility index (Phi) is 6.56. The second kappa shape index (κ2) is 7.99. The fraction of sp³-hybridized carbons (Fsp3) is 0.133. The molecule has 0 saturated carbocycles. The van der Waals surface area contributed by atoms with Crippen LogP contribution in [0.3, 0.4) is 0 Å². The van der Waals surface area contributed by atoms with E-state index in [1.807, 2.05) is 12.1 Å². The van der Waals surface area contributed by atoms with Crippen LogP contribution < -0.4 is 14.8 Å². The molecular formula is C15H12I3NO3. The maximum absolute atomic E-state index is 12.6. The van der Waals surface area contributed by atoms with E-state index in [-0.39, 0.29) is 5.91 Å². The van der Waals surface area contributed by atoms with Crippen molar-refractivity contribution in [3.05, 3.63) is 46.6 Å². The van der Waals surface area contributed by atoms with Gasteiger partial charge in [0, 0.05) is 16.8 Å². The van der Waals surface area contributed by atoms with Gasteiger partial charge in [-0.05, 0) is 92.0 Å². The minimum Gasteiger partial charge on any atom is -0.497 e. The fourth-order valence-electron chi connectivity index (χ4n) is 1.82. The van der Waals surface area contributed by atoms with E-state index >= 15 is 0 Å². The molecule has 0 aliphatic carbocycles. The monoisotopic (exact) mass is 635 g/mol. The molecule has 0 aromatic heterocycles. The predicted octanol–water partition coefficient (Wildman–Crippen LogP) is 4.77. The third kappa shape index (κ3) is 4.16. The lowest BCUT2D eigenvalue weighted by Gasteiger charge is -2.13. The second-order valence-electron chi connectivity index (χ2n) is 4.27. The Bertz CT molecular complexity index is 719. The summed E-state index contributed by atoms with van der Waals surface area (Å²) in [4.78, 5) is 12.6. The van der Waals surface area contributed by atoms with E-state index in [0.717, 1.165) is 10.7 Å². The van der Waals surface area contributed by atoms with Crippen molar-refractivity contribution in [2.24, 2.45) is 0 Å². The fourth-order valence-corrected chi connectivity index (χ4v) is 4.22. The number of hydrogen-bond acceptors (Lipinski definition) is 3. The Morgan fingerprint density at radius 2 is 1.77 bits per heavy atom. The summed E-state index contributed by atoms with van der Waals surface area (Å²) < 4.78 is 13.5. The first kappa shape index (κ1) is 18.0. The summed E-state index contributed by atoms with van der Waals surface area (Å²) in [7, 11) is 3.15. The zero-order chi connectivity index (χ0) is 16.3. The van der Waals surface area contributed by atoms with E-state index < -0.39 is 0 Å². The molecule has 0 heterocycles. The number of benzene rings is 2. The lowest BCUT2D eigenvalue weighted by atomic mass is 10.2. The summed E-state index contributed by atoms with van der Waals surface area (Å²) in [6.07, 6.45) is 0. The van der Waals surface area contributed by atoms with Gasteiger partial charge in [0.2, 0.25) is 0 Å². The van der Waals surface area contributed by atoms with Crippen LogP contribution in [0, 0.1) is 10.7 Å². The molecule has 4 nitrogen and oxygen atoms in total. The van der Waals surface area contributed by atoms with Gasteiger partial charge in [-0.25, -0.2) is 0 Å². The summed E-state index contributed by atoms with van der Waals surface area (Å²) >= 11 is 6.62. The number of halogens is 3. The zero-order valence-corrected chi connectivity index (χ0v) is 18.2. The highest BCUT2D eigenvalue weighted by Crippen LogP contribution is 2.30. The summed E-state index contributed by atoms with van der Waals surface area (Å²) in [5, 5.41) is 2.89. The van der Waals surface area contributed by atoms with E-state index in [1.165, 1.54) is 0 Å². The van der Waals surface area contributed by atoms with Crippen LogP contribution in [-0.4, -0.2) is 20.1 Å². The highest BCUT2D eigenvalue weighted by molar-refractivity contribution is 14.1. The third-order valence-electron chi connectivity index (χ3n) is 2.89. The van der Waals surface area contributed by atoms with E-state index in [4.69, 9.17) is 9.47 Å². The van der Waals surface area contributed by atoms with Gasteiger partial charge in [0.1, 0.15) is 11.5 Å². The van der Waals surface area contributed by atoms with Crippen molar-refractivity contribution >= 4 is 79.4 Å². The molecular weight excluding hydrogens is 623 g/mol. The maximum atomic E-state index is 12.6. The Balaban J connectivity index is 2.37. The van der Waals surface area contributed by atoms with Gasteiger partial charge in [0.15, 0.2) is 0 Å². The Hall–Kier alpha value is -0.300. The van der Waals surface area contributed by atoms with Gasteiger partial charge in [-0.15, -0.1) is 0 Å². The smallest absolute Gasteiger partial charge is 0.256 e. The summed E-state index contributed by atoms with van der Waals surface area (Å²) in [5.41, 5.74) is 1.22. The molecule has 0 radical (unpaired) electrons. The number of amides is 1. The van der Waals surface area contributed by atoms with E-state index in [0.29, 0.717) is 22.7 Å². The van der Waals surface area contributed by atoms with E-state index in [1.54, 1.807) is 32.4 Å². The lowest BCUT2D eigenvalue weighted by Crippen LogP contribution is -2.15. The standard InChI is InChI=1S/C15H12I3NO3/c1-21-9-3-4-13(22-2)12(7-9)19-15(20)10-5-8(16)6-11(17)14(10)18/h3-7H,1-2H3,(H,19,20). The van der Waals surface area contributed by atoms with E-state index in [9.17, 15) is 4.79 Å². The van der Waals surface area contributed by atoms with Crippen LogP contribution >= 0.6 is 67.8 Å². The van der Waals surface area contributed by atoms with Crippen LogP contribution in [0.4, 0.5) is 5.69 Å². The van der Waals surface area contributed by atoms with Crippen LogP contribution in [0.1, 0.15) is 10.4 Å². The number of nitrogens with one attached hydrogen (secondary N) is 1. The van der Waals surface area contributed by atoms with Gasteiger partial charge in [0.05, 0.1) is 25.5 Å². The molecule has 2 aromatic carbocycles. The number of rotatable bonds is 4. The summed E-state index contributed by atoms with van der Waals surface area (Å²) in [6, 6.07) is 9.19. The molecule has 2 rings (SSSR count). The molecule has 1 amide bonds. The van der Waals surface area contributed by atoms with Crippen LogP contribution in [0.5, 0.6) is 11.5 Å². The van der Waals surface area contributed by atoms with Crippen molar-refractivity contribution in [2.45, 2.75) is 0 Å². The molecule has 2 aromatic rings. The third-order valence-corrected chi connectivity index (χ3v) is 6.56. The Morgan fingerprint density at radius 3 is 2.41 bits per heavy atom. The number of carbonyl (C=O) groups excluding carboxylic acids is 1. The van der Waals surface area contributed by atoms with Crippen molar-refractivity contribution in [1.82, 2.24) is 0 Å². The SMILES string of the molecule is COc1ccc(OC)c(NC(=O)c2cc(I)cc(I)c2I)c1.